The second-order valence-corrected chi connectivity index (χ2v) is 6.11. The van der Waals surface area contributed by atoms with Gasteiger partial charge in [-0.2, -0.15) is 5.10 Å². The van der Waals surface area contributed by atoms with Gasteiger partial charge in [-0.3, -0.25) is 9.48 Å². The van der Waals surface area contributed by atoms with Crippen molar-refractivity contribution in [2.24, 2.45) is 7.05 Å². The van der Waals surface area contributed by atoms with Gasteiger partial charge in [0, 0.05) is 23.9 Å². The zero-order valence-corrected chi connectivity index (χ0v) is 13.0. The minimum Gasteiger partial charge on any atom is -0.481 e. The van der Waals surface area contributed by atoms with Gasteiger partial charge in [-0.15, -0.1) is 11.3 Å². The Morgan fingerprint density at radius 3 is 2.91 bits per heavy atom. The van der Waals surface area contributed by atoms with Gasteiger partial charge in [0.2, 0.25) is 0 Å². The van der Waals surface area contributed by atoms with Crippen LogP contribution in [0.15, 0.2) is 41.8 Å². The van der Waals surface area contributed by atoms with E-state index in [-0.39, 0.29) is 12.5 Å². The van der Waals surface area contributed by atoms with Gasteiger partial charge >= 0.3 is 5.97 Å². The maximum atomic E-state index is 11.1. The Bertz CT molecular complexity index is 780. The number of aryl methyl sites for hydroxylation is 1. The SMILES string of the molecule is Cn1nc(CNC(CC(=O)O)c2cccs2)c2ccccc21. The molecule has 0 aliphatic heterocycles. The molecule has 2 heterocycles. The summed E-state index contributed by atoms with van der Waals surface area (Å²) in [5.74, 6) is -0.809. The van der Waals surface area contributed by atoms with E-state index in [0.717, 1.165) is 21.5 Å². The van der Waals surface area contributed by atoms with E-state index >= 15 is 0 Å². The summed E-state index contributed by atoms with van der Waals surface area (Å²) in [6.07, 6.45) is 0.0608. The fourth-order valence-electron chi connectivity index (χ4n) is 2.58. The highest BCUT2D eigenvalue weighted by Crippen LogP contribution is 2.24. The molecule has 2 aromatic heterocycles. The van der Waals surface area contributed by atoms with E-state index in [4.69, 9.17) is 5.11 Å². The summed E-state index contributed by atoms with van der Waals surface area (Å²) in [6, 6.07) is 11.7. The van der Waals surface area contributed by atoms with E-state index in [2.05, 4.69) is 10.4 Å². The highest BCUT2D eigenvalue weighted by molar-refractivity contribution is 7.10. The fourth-order valence-corrected chi connectivity index (χ4v) is 3.38. The fraction of sp³-hybridized carbons (Fsp3) is 0.250. The van der Waals surface area contributed by atoms with Crippen molar-refractivity contribution < 1.29 is 9.90 Å². The number of hydrogen-bond donors (Lipinski definition) is 2. The first-order chi connectivity index (χ1) is 10.6. The molecule has 22 heavy (non-hydrogen) atoms. The molecule has 0 bridgehead atoms. The molecule has 0 radical (unpaired) electrons. The second kappa shape index (κ2) is 6.29. The minimum atomic E-state index is -0.809. The average Bonchev–Trinajstić information content (AvgIpc) is 3.13. The zero-order valence-electron chi connectivity index (χ0n) is 12.2. The van der Waals surface area contributed by atoms with E-state index < -0.39 is 5.97 Å². The maximum Gasteiger partial charge on any atom is 0.305 e. The predicted octanol–water partition coefficient (Wildman–Crippen LogP) is 2.94. The summed E-state index contributed by atoms with van der Waals surface area (Å²) in [4.78, 5) is 12.1. The molecule has 1 aromatic carbocycles. The first-order valence-electron chi connectivity index (χ1n) is 7.04. The number of aliphatic carboxylic acids is 1. The number of aromatic nitrogens is 2. The smallest absolute Gasteiger partial charge is 0.305 e. The molecule has 0 fully saturated rings. The number of thiophene rings is 1. The van der Waals surface area contributed by atoms with Crippen LogP contribution in [0.4, 0.5) is 0 Å². The highest BCUT2D eigenvalue weighted by Gasteiger charge is 2.17. The first-order valence-corrected chi connectivity index (χ1v) is 7.92. The maximum absolute atomic E-state index is 11.1. The quantitative estimate of drug-likeness (QED) is 0.734. The van der Waals surface area contributed by atoms with Crippen molar-refractivity contribution in [1.82, 2.24) is 15.1 Å². The number of hydrogen-bond acceptors (Lipinski definition) is 4. The van der Waals surface area contributed by atoms with E-state index in [0.29, 0.717) is 6.54 Å². The molecule has 2 N–H and O–H groups in total. The number of benzene rings is 1. The van der Waals surface area contributed by atoms with Gasteiger partial charge in [0.1, 0.15) is 0 Å². The molecule has 6 heteroatoms. The Balaban J connectivity index is 1.80. The minimum absolute atomic E-state index is 0.0608. The summed E-state index contributed by atoms with van der Waals surface area (Å²) < 4.78 is 1.85. The van der Waals surface area contributed by atoms with Gasteiger partial charge in [-0.1, -0.05) is 24.3 Å². The molecule has 5 nitrogen and oxygen atoms in total. The molecule has 1 atom stereocenters. The lowest BCUT2D eigenvalue weighted by Crippen LogP contribution is -2.23. The van der Waals surface area contributed by atoms with Crippen LogP contribution in [-0.4, -0.2) is 20.9 Å². The van der Waals surface area contributed by atoms with Crippen molar-refractivity contribution in [1.29, 1.82) is 0 Å². The van der Waals surface area contributed by atoms with E-state index in [1.807, 2.05) is 53.5 Å². The Morgan fingerprint density at radius 1 is 1.36 bits per heavy atom. The number of para-hydroxylation sites is 1. The number of rotatable bonds is 6. The van der Waals surface area contributed by atoms with Crippen LogP contribution >= 0.6 is 11.3 Å². The highest BCUT2D eigenvalue weighted by atomic mass is 32.1. The van der Waals surface area contributed by atoms with Crippen LogP contribution in [0.3, 0.4) is 0 Å². The van der Waals surface area contributed by atoms with Crippen molar-refractivity contribution in [3.63, 3.8) is 0 Å². The molecule has 3 aromatic rings. The Labute approximate surface area is 132 Å². The van der Waals surface area contributed by atoms with E-state index in [1.165, 1.54) is 0 Å². The van der Waals surface area contributed by atoms with Crippen molar-refractivity contribution in [3.05, 3.63) is 52.3 Å². The normalized spacial score (nSPS) is 12.6. The van der Waals surface area contributed by atoms with Crippen molar-refractivity contribution in [2.75, 3.05) is 0 Å². The van der Waals surface area contributed by atoms with Gasteiger partial charge < -0.3 is 10.4 Å². The molecule has 3 rings (SSSR count). The molecular formula is C16H17N3O2S. The second-order valence-electron chi connectivity index (χ2n) is 5.13. The van der Waals surface area contributed by atoms with Gasteiger partial charge in [0.15, 0.2) is 0 Å². The van der Waals surface area contributed by atoms with Crippen LogP contribution < -0.4 is 5.32 Å². The van der Waals surface area contributed by atoms with Crippen molar-refractivity contribution in [2.45, 2.75) is 19.0 Å². The third-order valence-corrected chi connectivity index (χ3v) is 4.60. The Morgan fingerprint density at radius 2 is 2.18 bits per heavy atom. The average molecular weight is 315 g/mol. The third-order valence-electron chi connectivity index (χ3n) is 3.62. The van der Waals surface area contributed by atoms with Crippen LogP contribution in [0, 0.1) is 0 Å². The molecule has 0 aliphatic carbocycles. The predicted molar refractivity (Wildman–Crippen MR) is 86.9 cm³/mol. The van der Waals surface area contributed by atoms with Crippen molar-refractivity contribution >= 4 is 28.2 Å². The largest absolute Gasteiger partial charge is 0.481 e. The van der Waals surface area contributed by atoms with Gasteiger partial charge in [-0.05, 0) is 17.5 Å². The molecule has 0 amide bonds. The third kappa shape index (κ3) is 3.03. The monoisotopic (exact) mass is 315 g/mol. The summed E-state index contributed by atoms with van der Waals surface area (Å²) in [7, 11) is 1.92. The summed E-state index contributed by atoms with van der Waals surface area (Å²) in [5.41, 5.74) is 2.01. The van der Waals surface area contributed by atoms with Crippen LogP contribution in [0.5, 0.6) is 0 Å². The topological polar surface area (TPSA) is 67.2 Å². The number of carboxylic acid groups (broad SMARTS) is 1. The lowest BCUT2D eigenvalue weighted by molar-refractivity contribution is -0.137. The molecule has 0 aliphatic rings. The summed E-state index contributed by atoms with van der Waals surface area (Å²) in [6.45, 7) is 0.539. The van der Waals surface area contributed by atoms with Gasteiger partial charge in [0.25, 0.3) is 0 Å². The number of nitrogens with one attached hydrogen (secondary N) is 1. The molecular weight excluding hydrogens is 298 g/mol. The number of nitrogens with zero attached hydrogens (tertiary/aromatic N) is 2. The molecule has 0 spiro atoms. The first kappa shape index (κ1) is 14.7. The van der Waals surface area contributed by atoms with Crippen molar-refractivity contribution in [3.8, 4) is 0 Å². The standard InChI is InChI=1S/C16H17N3O2S/c1-19-14-6-3-2-5-11(14)13(18-19)10-17-12(9-16(20)21)15-7-4-8-22-15/h2-8,12,17H,9-10H2,1H3,(H,20,21). The van der Waals surface area contributed by atoms with E-state index in [1.54, 1.807) is 11.3 Å². The van der Waals surface area contributed by atoms with E-state index in [9.17, 15) is 4.79 Å². The summed E-state index contributed by atoms with van der Waals surface area (Å²) in [5, 5.41) is 20.0. The molecule has 0 saturated carbocycles. The molecule has 0 saturated heterocycles. The van der Waals surface area contributed by atoms with Crippen LogP contribution in [0.2, 0.25) is 0 Å². The number of carbonyl (C=O) groups is 1. The summed E-state index contributed by atoms with van der Waals surface area (Å²) >= 11 is 1.57. The lowest BCUT2D eigenvalue weighted by Gasteiger charge is -2.14. The molecule has 114 valence electrons. The van der Waals surface area contributed by atoms with Gasteiger partial charge in [0.05, 0.1) is 23.7 Å². The number of fused-ring (bicyclic) bond motifs is 1. The lowest BCUT2D eigenvalue weighted by atomic mass is 10.1. The number of carboxylic acids is 1. The Kier molecular flexibility index (Phi) is 4.22. The zero-order chi connectivity index (χ0) is 15.5. The molecule has 1 unspecified atom stereocenters. The van der Waals surface area contributed by atoms with Gasteiger partial charge in [-0.25, -0.2) is 0 Å². The van der Waals surface area contributed by atoms with Crippen LogP contribution in [0.25, 0.3) is 10.9 Å². The Hall–Kier alpha value is -2.18. The van der Waals surface area contributed by atoms with Crippen LogP contribution in [-0.2, 0) is 18.4 Å². The van der Waals surface area contributed by atoms with Crippen LogP contribution in [0.1, 0.15) is 23.0 Å².